The van der Waals surface area contributed by atoms with Crippen LogP contribution in [-0.2, 0) is 9.09 Å². The molecule has 0 saturated heterocycles. The summed E-state index contributed by atoms with van der Waals surface area (Å²) in [4.78, 5) is 11.8. The Morgan fingerprint density at radius 3 is 1.58 bits per heavy atom. The van der Waals surface area contributed by atoms with Gasteiger partial charge < -0.3 is 14.3 Å². The first-order valence-electron chi connectivity index (χ1n) is 11.1. The second-order valence-electron chi connectivity index (χ2n) is 7.95. The molecule has 158 valence electrons. The molecule has 4 nitrogen and oxygen atoms in total. The molecule has 1 atom stereocenters. The molecule has 5 heteroatoms. The molecule has 0 aliphatic rings. The monoisotopic (exact) mass is 391 g/mol. The Bertz CT molecular complexity index is 337. The minimum absolute atomic E-state index is 0.268. The van der Waals surface area contributed by atoms with Crippen molar-refractivity contribution in [3.8, 4) is 0 Å². The van der Waals surface area contributed by atoms with Gasteiger partial charge in [0.05, 0.1) is 12.8 Å². The van der Waals surface area contributed by atoms with E-state index in [-0.39, 0.29) is 6.16 Å². The molecule has 0 aromatic rings. The Hall–Kier alpha value is 0.110. The first kappa shape index (κ1) is 26.1. The van der Waals surface area contributed by atoms with Crippen LogP contribution in [0.5, 0.6) is 0 Å². The summed E-state index contributed by atoms with van der Waals surface area (Å²) in [5.41, 5.74) is 0. The Kier molecular flexibility index (Phi) is 18.6. The summed E-state index contributed by atoms with van der Waals surface area (Å²) < 4.78 is 17.1. The van der Waals surface area contributed by atoms with Gasteiger partial charge in [-0.2, -0.15) is 0 Å². The van der Waals surface area contributed by atoms with Gasteiger partial charge in [0.2, 0.25) is 0 Å². The molecule has 0 radical (unpaired) electrons. The van der Waals surface area contributed by atoms with Gasteiger partial charge in [0.15, 0.2) is 0 Å². The number of hydrogen-bond donors (Lipinski definition) is 1. The van der Waals surface area contributed by atoms with Gasteiger partial charge in [-0.05, 0) is 33.5 Å². The van der Waals surface area contributed by atoms with Crippen molar-refractivity contribution in [1.82, 2.24) is 4.90 Å². The van der Waals surface area contributed by atoms with E-state index in [1.165, 1.54) is 77.0 Å². The van der Waals surface area contributed by atoms with Gasteiger partial charge >= 0.3 is 7.60 Å². The smallest absolute Gasteiger partial charge is 0.324 e. The average Bonchev–Trinajstić information content (AvgIpc) is 2.57. The topological polar surface area (TPSA) is 49.8 Å². The molecule has 0 saturated carbocycles. The number of nitrogens with zero attached hydrogens (tertiary/aromatic N) is 1. The maximum Gasteiger partial charge on any atom is 0.328 e. The van der Waals surface area contributed by atoms with Crippen LogP contribution in [0.25, 0.3) is 0 Å². The van der Waals surface area contributed by atoms with E-state index in [9.17, 15) is 9.46 Å². The summed E-state index contributed by atoms with van der Waals surface area (Å²) in [5, 5.41) is 0. The fraction of sp³-hybridized carbons (Fsp3) is 1.00. The van der Waals surface area contributed by atoms with Gasteiger partial charge in [-0.1, -0.05) is 90.4 Å². The molecule has 0 bridgehead atoms. The van der Waals surface area contributed by atoms with Gasteiger partial charge in [-0.15, -0.1) is 0 Å². The SMILES string of the molecule is CCCCCCCCCCCCCCCCOP(=O)(O)CCCN(C)C. The predicted molar refractivity (Wildman–Crippen MR) is 114 cm³/mol. The molecular formula is C21H46NO3P. The van der Waals surface area contributed by atoms with Crippen LogP contribution in [0.15, 0.2) is 0 Å². The van der Waals surface area contributed by atoms with Crippen LogP contribution in [0, 0.1) is 0 Å². The van der Waals surface area contributed by atoms with Crippen molar-refractivity contribution in [3.63, 3.8) is 0 Å². The van der Waals surface area contributed by atoms with Gasteiger partial charge in [0.25, 0.3) is 0 Å². The Morgan fingerprint density at radius 1 is 0.731 bits per heavy atom. The molecule has 0 aromatic carbocycles. The lowest BCUT2D eigenvalue weighted by molar-refractivity contribution is 0.250. The molecule has 0 spiro atoms. The molecule has 0 fully saturated rings. The lowest BCUT2D eigenvalue weighted by atomic mass is 10.0. The van der Waals surface area contributed by atoms with E-state index in [4.69, 9.17) is 4.52 Å². The molecular weight excluding hydrogens is 345 g/mol. The van der Waals surface area contributed by atoms with Crippen molar-refractivity contribution < 1.29 is 14.0 Å². The lowest BCUT2D eigenvalue weighted by Gasteiger charge is -2.14. The van der Waals surface area contributed by atoms with Crippen molar-refractivity contribution in [2.24, 2.45) is 0 Å². The van der Waals surface area contributed by atoms with Crippen LogP contribution >= 0.6 is 7.60 Å². The van der Waals surface area contributed by atoms with Crippen molar-refractivity contribution in [3.05, 3.63) is 0 Å². The summed E-state index contributed by atoms with van der Waals surface area (Å²) in [6, 6.07) is 0. The van der Waals surface area contributed by atoms with Gasteiger partial charge in [0, 0.05) is 0 Å². The van der Waals surface area contributed by atoms with Crippen LogP contribution in [0.4, 0.5) is 0 Å². The third-order valence-electron chi connectivity index (χ3n) is 4.84. The summed E-state index contributed by atoms with van der Waals surface area (Å²) in [6.45, 7) is 3.52. The van der Waals surface area contributed by atoms with E-state index < -0.39 is 7.60 Å². The van der Waals surface area contributed by atoms with E-state index in [2.05, 4.69) is 6.92 Å². The van der Waals surface area contributed by atoms with Gasteiger partial charge in [-0.25, -0.2) is 0 Å². The summed E-state index contributed by atoms with van der Waals surface area (Å²) >= 11 is 0. The molecule has 26 heavy (non-hydrogen) atoms. The van der Waals surface area contributed by atoms with E-state index >= 15 is 0 Å². The predicted octanol–water partition coefficient (Wildman–Crippen LogP) is 6.62. The highest BCUT2D eigenvalue weighted by molar-refractivity contribution is 7.52. The third kappa shape index (κ3) is 20.4. The van der Waals surface area contributed by atoms with Crippen LogP contribution < -0.4 is 0 Å². The summed E-state index contributed by atoms with van der Waals surface area (Å²) in [7, 11) is 0.578. The number of rotatable bonds is 20. The third-order valence-corrected chi connectivity index (χ3v) is 6.30. The first-order valence-corrected chi connectivity index (χ1v) is 12.9. The molecule has 0 aliphatic heterocycles. The van der Waals surface area contributed by atoms with Crippen molar-refractivity contribution in [2.75, 3.05) is 33.4 Å². The summed E-state index contributed by atoms with van der Waals surface area (Å²) in [5.74, 6) is 0. The normalized spacial score (nSPS) is 14.0. The zero-order valence-corrected chi connectivity index (χ0v) is 18.8. The maximum absolute atomic E-state index is 11.8. The largest absolute Gasteiger partial charge is 0.328 e. The fourth-order valence-electron chi connectivity index (χ4n) is 3.16. The zero-order chi connectivity index (χ0) is 19.5. The second-order valence-corrected chi connectivity index (χ2v) is 9.93. The summed E-state index contributed by atoms with van der Waals surface area (Å²) in [6.07, 6.45) is 19.4. The molecule has 0 aliphatic carbocycles. The minimum atomic E-state index is -3.36. The number of unbranched alkanes of at least 4 members (excludes halogenated alkanes) is 13. The van der Waals surface area contributed by atoms with Crippen molar-refractivity contribution >= 4 is 7.60 Å². The highest BCUT2D eigenvalue weighted by Gasteiger charge is 2.18. The quantitative estimate of drug-likeness (QED) is 0.187. The van der Waals surface area contributed by atoms with Crippen LogP contribution in [0.3, 0.4) is 0 Å². The van der Waals surface area contributed by atoms with E-state index in [0.717, 1.165) is 19.4 Å². The Balaban J connectivity index is 3.24. The molecule has 0 rings (SSSR count). The lowest BCUT2D eigenvalue weighted by Crippen LogP contribution is -2.14. The van der Waals surface area contributed by atoms with E-state index in [1.807, 2.05) is 19.0 Å². The zero-order valence-electron chi connectivity index (χ0n) is 17.9. The standard InChI is InChI=1S/C21H46NO3P/c1-4-5-6-7-8-9-10-11-12-13-14-15-16-17-20-25-26(23,24)21-18-19-22(2)3/h4-21H2,1-3H3,(H,23,24). The average molecular weight is 392 g/mol. The van der Waals surface area contributed by atoms with Gasteiger partial charge in [-0.3, -0.25) is 4.57 Å². The van der Waals surface area contributed by atoms with Crippen LogP contribution in [0.2, 0.25) is 0 Å². The van der Waals surface area contributed by atoms with Crippen LogP contribution in [0.1, 0.15) is 103 Å². The maximum atomic E-state index is 11.8. The second kappa shape index (κ2) is 18.5. The first-order chi connectivity index (χ1) is 12.5. The van der Waals surface area contributed by atoms with Crippen molar-refractivity contribution in [2.45, 2.75) is 103 Å². The van der Waals surface area contributed by atoms with Crippen LogP contribution in [-0.4, -0.2) is 43.2 Å². The highest BCUT2D eigenvalue weighted by atomic mass is 31.2. The highest BCUT2D eigenvalue weighted by Crippen LogP contribution is 2.42. The Morgan fingerprint density at radius 2 is 1.15 bits per heavy atom. The molecule has 1 unspecified atom stereocenters. The molecule has 0 aromatic heterocycles. The molecule has 0 heterocycles. The minimum Gasteiger partial charge on any atom is -0.324 e. The van der Waals surface area contributed by atoms with E-state index in [1.54, 1.807) is 0 Å². The van der Waals surface area contributed by atoms with Gasteiger partial charge in [0.1, 0.15) is 0 Å². The molecule has 1 N–H and O–H groups in total. The fourth-order valence-corrected chi connectivity index (χ4v) is 4.24. The Labute approximate surface area is 163 Å². The number of hydrogen-bond acceptors (Lipinski definition) is 3. The molecule has 0 amide bonds. The van der Waals surface area contributed by atoms with E-state index in [0.29, 0.717) is 13.0 Å². The van der Waals surface area contributed by atoms with Crippen molar-refractivity contribution in [1.29, 1.82) is 0 Å².